The fraction of sp³-hybridized carbons (Fsp3) is 0.571. The SMILES string of the molecule is CCCOc1cc(NC(C)(C)C(C)O)cc([N+](=O)[O-])c1. The van der Waals surface area contributed by atoms with Crippen LogP contribution in [0, 0.1) is 10.1 Å². The van der Waals surface area contributed by atoms with E-state index in [0.29, 0.717) is 18.0 Å². The van der Waals surface area contributed by atoms with Crippen LogP contribution in [0.15, 0.2) is 18.2 Å². The van der Waals surface area contributed by atoms with Crippen molar-refractivity contribution in [2.24, 2.45) is 0 Å². The summed E-state index contributed by atoms with van der Waals surface area (Å²) in [5, 5.41) is 23.7. The van der Waals surface area contributed by atoms with Gasteiger partial charge in [-0.15, -0.1) is 0 Å². The van der Waals surface area contributed by atoms with Crippen LogP contribution in [0.4, 0.5) is 11.4 Å². The quantitative estimate of drug-likeness (QED) is 0.593. The third-order valence-electron chi connectivity index (χ3n) is 3.09. The standard InChI is InChI=1S/C14H22N2O4/c1-5-6-20-13-8-11(7-12(9-13)16(18)19)15-14(3,4)10(2)17/h7-10,15,17H,5-6H2,1-4H3. The van der Waals surface area contributed by atoms with E-state index in [-0.39, 0.29) is 5.69 Å². The van der Waals surface area contributed by atoms with Crippen LogP contribution in [0.25, 0.3) is 0 Å². The van der Waals surface area contributed by atoms with Gasteiger partial charge in [-0.2, -0.15) is 0 Å². The Morgan fingerprint density at radius 2 is 2.10 bits per heavy atom. The van der Waals surface area contributed by atoms with Gasteiger partial charge in [0.05, 0.1) is 29.2 Å². The van der Waals surface area contributed by atoms with Crippen LogP contribution in [-0.4, -0.2) is 28.3 Å². The molecule has 1 aromatic rings. The monoisotopic (exact) mass is 282 g/mol. The second-order valence-corrected chi connectivity index (χ2v) is 5.34. The van der Waals surface area contributed by atoms with E-state index in [1.165, 1.54) is 12.1 Å². The van der Waals surface area contributed by atoms with E-state index >= 15 is 0 Å². The van der Waals surface area contributed by atoms with E-state index in [9.17, 15) is 15.2 Å². The zero-order chi connectivity index (χ0) is 15.3. The summed E-state index contributed by atoms with van der Waals surface area (Å²) in [6.07, 6.45) is 0.215. The number of nitrogens with one attached hydrogen (secondary N) is 1. The summed E-state index contributed by atoms with van der Waals surface area (Å²) >= 11 is 0. The smallest absolute Gasteiger partial charge is 0.275 e. The molecule has 6 heteroatoms. The Labute approximate surface area is 118 Å². The van der Waals surface area contributed by atoms with Crippen LogP contribution in [0.1, 0.15) is 34.1 Å². The molecule has 0 aromatic heterocycles. The molecule has 112 valence electrons. The molecule has 0 amide bonds. The molecule has 0 aliphatic rings. The molecule has 0 aliphatic carbocycles. The molecule has 0 saturated heterocycles. The number of rotatable bonds is 7. The van der Waals surface area contributed by atoms with Crippen LogP contribution in [0.2, 0.25) is 0 Å². The van der Waals surface area contributed by atoms with E-state index < -0.39 is 16.6 Å². The van der Waals surface area contributed by atoms with Crippen LogP contribution in [0.5, 0.6) is 5.75 Å². The van der Waals surface area contributed by atoms with Gasteiger partial charge < -0.3 is 15.2 Å². The molecular formula is C14H22N2O4. The molecule has 0 heterocycles. The lowest BCUT2D eigenvalue weighted by atomic mass is 9.98. The topological polar surface area (TPSA) is 84.6 Å². The summed E-state index contributed by atoms with van der Waals surface area (Å²) in [5.41, 5.74) is -0.0873. The van der Waals surface area contributed by atoms with Gasteiger partial charge in [0.2, 0.25) is 0 Å². The predicted octanol–water partition coefficient (Wildman–Crippen LogP) is 2.95. The Morgan fingerprint density at radius 3 is 2.60 bits per heavy atom. The molecule has 20 heavy (non-hydrogen) atoms. The number of aliphatic hydroxyl groups excluding tert-OH is 1. The largest absolute Gasteiger partial charge is 0.493 e. The van der Waals surface area contributed by atoms with Crippen molar-refractivity contribution in [2.45, 2.75) is 45.8 Å². The van der Waals surface area contributed by atoms with Gasteiger partial charge in [-0.25, -0.2) is 0 Å². The lowest BCUT2D eigenvalue weighted by Crippen LogP contribution is -2.41. The molecule has 6 nitrogen and oxygen atoms in total. The number of hydrogen-bond donors (Lipinski definition) is 2. The number of nitrogens with zero attached hydrogens (tertiary/aromatic N) is 1. The van der Waals surface area contributed by atoms with Crippen molar-refractivity contribution in [1.29, 1.82) is 0 Å². The van der Waals surface area contributed by atoms with Crippen molar-refractivity contribution in [1.82, 2.24) is 0 Å². The molecule has 1 aromatic carbocycles. The Hall–Kier alpha value is -1.82. The first-order valence-corrected chi connectivity index (χ1v) is 6.64. The summed E-state index contributed by atoms with van der Waals surface area (Å²) in [4.78, 5) is 10.5. The molecule has 0 fully saturated rings. The number of ether oxygens (including phenoxy) is 1. The van der Waals surface area contributed by atoms with Crippen molar-refractivity contribution in [3.63, 3.8) is 0 Å². The highest BCUT2D eigenvalue weighted by Crippen LogP contribution is 2.28. The zero-order valence-corrected chi connectivity index (χ0v) is 12.3. The highest BCUT2D eigenvalue weighted by molar-refractivity contribution is 5.57. The van der Waals surface area contributed by atoms with Crippen LogP contribution in [-0.2, 0) is 0 Å². The molecular weight excluding hydrogens is 260 g/mol. The molecule has 1 atom stereocenters. The van der Waals surface area contributed by atoms with Crippen molar-refractivity contribution in [3.05, 3.63) is 28.3 Å². The lowest BCUT2D eigenvalue weighted by molar-refractivity contribution is -0.384. The summed E-state index contributed by atoms with van der Waals surface area (Å²) < 4.78 is 5.45. The van der Waals surface area contributed by atoms with Gasteiger partial charge in [-0.3, -0.25) is 10.1 Å². The molecule has 2 N–H and O–H groups in total. The van der Waals surface area contributed by atoms with Crippen LogP contribution >= 0.6 is 0 Å². The van der Waals surface area contributed by atoms with Gasteiger partial charge in [0, 0.05) is 17.8 Å². The zero-order valence-electron chi connectivity index (χ0n) is 12.3. The maximum absolute atomic E-state index is 11.0. The first kappa shape index (κ1) is 16.2. The average Bonchev–Trinajstić information content (AvgIpc) is 2.35. The molecule has 0 aliphatic heterocycles. The van der Waals surface area contributed by atoms with E-state index in [0.717, 1.165) is 6.42 Å². The van der Waals surface area contributed by atoms with Crippen molar-refractivity contribution in [2.75, 3.05) is 11.9 Å². The number of nitro benzene ring substituents is 1. The van der Waals surface area contributed by atoms with E-state index in [1.807, 2.05) is 20.8 Å². The van der Waals surface area contributed by atoms with E-state index in [2.05, 4.69) is 5.32 Å². The second-order valence-electron chi connectivity index (χ2n) is 5.34. The maximum Gasteiger partial charge on any atom is 0.275 e. The molecule has 1 unspecified atom stereocenters. The van der Waals surface area contributed by atoms with Crippen molar-refractivity contribution < 1.29 is 14.8 Å². The summed E-state index contributed by atoms with van der Waals surface area (Å²) in [6, 6.07) is 4.53. The number of benzene rings is 1. The number of anilines is 1. The first-order chi connectivity index (χ1) is 9.26. The number of non-ortho nitro benzene ring substituents is 1. The summed E-state index contributed by atoms with van der Waals surface area (Å²) in [7, 11) is 0. The van der Waals surface area contributed by atoms with Crippen molar-refractivity contribution >= 4 is 11.4 Å². The third kappa shape index (κ3) is 4.38. The Morgan fingerprint density at radius 1 is 1.45 bits per heavy atom. The van der Waals surface area contributed by atoms with Gasteiger partial charge in [-0.1, -0.05) is 6.92 Å². The molecule has 0 spiro atoms. The Kier molecular flexibility index (Phi) is 5.33. The van der Waals surface area contributed by atoms with Crippen molar-refractivity contribution in [3.8, 4) is 5.75 Å². The van der Waals surface area contributed by atoms with Gasteiger partial charge >= 0.3 is 0 Å². The van der Waals surface area contributed by atoms with Crippen LogP contribution < -0.4 is 10.1 Å². The van der Waals surface area contributed by atoms with E-state index in [1.54, 1.807) is 13.0 Å². The van der Waals surface area contributed by atoms with Gasteiger partial charge in [0.1, 0.15) is 5.75 Å². The minimum absolute atomic E-state index is 0.0394. The maximum atomic E-state index is 11.0. The fourth-order valence-corrected chi connectivity index (χ4v) is 1.54. The normalized spacial score (nSPS) is 12.8. The highest BCUT2D eigenvalue weighted by atomic mass is 16.6. The minimum atomic E-state index is -0.609. The van der Waals surface area contributed by atoms with Gasteiger partial charge in [-0.05, 0) is 27.2 Å². The molecule has 0 saturated carbocycles. The molecule has 0 radical (unpaired) electrons. The minimum Gasteiger partial charge on any atom is -0.493 e. The molecule has 1 rings (SSSR count). The Balaban J connectivity index is 3.05. The number of nitro groups is 1. The summed E-state index contributed by atoms with van der Waals surface area (Å²) in [5.74, 6) is 0.449. The Bertz CT molecular complexity index is 472. The summed E-state index contributed by atoms with van der Waals surface area (Å²) in [6.45, 7) is 7.78. The van der Waals surface area contributed by atoms with Gasteiger partial charge in [0.15, 0.2) is 0 Å². The first-order valence-electron chi connectivity index (χ1n) is 6.64. The number of aliphatic hydroxyl groups is 1. The highest BCUT2D eigenvalue weighted by Gasteiger charge is 2.24. The lowest BCUT2D eigenvalue weighted by Gasteiger charge is -2.30. The van der Waals surface area contributed by atoms with Crippen LogP contribution in [0.3, 0.4) is 0 Å². The van der Waals surface area contributed by atoms with E-state index in [4.69, 9.17) is 4.74 Å². The molecule has 0 bridgehead atoms. The number of hydrogen-bond acceptors (Lipinski definition) is 5. The van der Waals surface area contributed by atoms with Gasteiger partial charge in [0.25, 0.3) is 5.69 Å². The second kappa shape index (κ2) is 6.56. The fourth-order valence-electron chi connectivity index (χ4n) is 1.54. The average molecular weight is 282 g/mol. The predicted molar refractivity (Wildman–Crippen MR) is 78.3 cm³/mol. The third-order valence-corrected chi connectivity index (χ3v) is 3.09.